The van der Waals surface area contributed by atoms with Crippen LogP contribution in [0.1, 0.15) is 36.4 Å². The largest absolute Gasteiger partial charge is 0.334 e. The van der Waals surface area contributed by atoms with Crippen molar-refractivity contribution in [1.29, 1.82) is 0 Å². The molecule has 2 N–H and O–H groups in total. The third kappa shape index (κ3) is 1.84. The molecule has 17 heavy (non-hydrogen) atoms. The second-order valence-corrected chi connectivity index (χ2v) is 5.12. The third-order valence-electron chi connectivity index (χ3n) is 3.90. The van der Waals surface area contributed by atoms with E-state index in [1.807, 2.05) is 4.90 Å². The highest BCUT2D eigenvalue weighted by molar-refractivity contribution is 5.79. The van der Waals surface area contributed by atoms with Gasteiger partial charge in [-0.15, -0.1) is 0 Å². The lowest BCUT2D eigenvalue weighted by molar-refractivity contribution is -0.130. The minimum absolute atomic E-state index is 0.0246. The molecule has 2 aliphatic rings. The van der Waals surface area contributed by atoms with Gasteiger partial charge < -0.3 is 10.6 Å². The molecular weight excluding hydrogens is 212 g/mol. The standard InChI is InChI=1S/C14H18N2O/c15-11-8-14(17)16(9-11)13-7-3-5-10-4-1-2-6-12(10)13/h1-2,4,6,11,13H,3,5,7-9,15H2/t11?,13-/m0/s1. The van der Waals surface area contributed by atoms with Gasteiger partial charge in [0.15, 0.2) is 0 Å². The molecule has 2 atom stereocenters. The van der Waals surface area contributed by atoms with Gasteiger partial charge in [0.05, 0.1) is 6.04 Å². The average molecular weight is 230 g/mol. The first-order valence-corrected chi connectivity index (χ1v) is 6.38. The van der Waals surface area contributed by atoms with Crippen molar-refractivity contribution in [3.05, 3.63) is 35.4 Å². The summed E-state index contributed by atoms with van der Waals surface area (Å²) in [6.45, 7) is 0.720. The topological polar surface area (TPSA) is 46.3 Å². The van der Waals surface area contributed by atoms with Crippen LogP contribution >= 0.6 is 0 Å². The van der Waals surface area contributed by atoms with Crippen LogP contribution in [0.25, 0.3) is 0 Å². The number of nitrogens with two attached hydrogens (primary N) is 1. The number of hydrogen-bond donors (Lipinski definition) is 1. The highest BCUT2D eigenvalue weighted by atomic mass is 16.2. The van der Waals surface area contributed by atoms with Crippen LogP contribution in [-0.2, 0) is 11.2 Å². The Morgan fingerprint density at radius 3 is 2.88 bits per heavy atom. The zero-order valence-corrected chi connectivity index (χ0v) is 9.93. The molecule has 0 aromatic heterocycles. The molecule has 1 heterocycles. The molecule has 1 amide bonds. The van der Waals surface area contributed by atoms with Gasteiger partial charge in [0.1, 0.15) is 0 Å². The van der Waals surface area contributed by atoms with Crippen LogP contribution in [-0.4, -0.2) is 23.4 Å². The van der Waals surface area contributed by atoms with Crippen molar-refractivity contribution < 1.29 is 4.79 Å². The molecule has 3 heteroatoms. The summed E-state index contributed by atoms with van der Waals surface area (Å²) in [5, 5.41) is 0. The van der Waals surface area contributed by atoms with E-state index in [0.717, 1.165) is 19.4 Å². The zero-order valence-electron chi connectivity index (χ0n) is 9.93. The maximum atomic E-state index is 11.9. The lowest BCUT2D eigenvalue weighted by Crippen LogP contribution is -2.34. The van der Waals surface area contributed by atoms with Crippen LogP contribution in [0.15, 0.2) is 24.3 Å². The van der Waals surface area contributed by atoms with E-state index in [-0.39, 0.29) is 18.0 Å². The lowest BCUT2D eigenvalue weighted by atomic mass is 9.87. The van der Waals surface area contributed by atoms with Gasteiger partial charge in [-0.2, -0.15) is 0 Å². The Morgan fingerprint density at radius 2 is 2.12 bits per heavy atom. The summed E-state index contributed by atoms with van der Waals surface area (Å²) in [4.78, 5) is 13.9. The third-order valence-corrected chi connectivity index (χ3v) is 3.90. The molecule has 0 saturated carbocycles. The number of amides is 1. The van der Waals surface area contributed by atoms with Crippen molar-refractivity contribution >= 4 is 5.91 Å². The molecule has 1 aromatic rings. The number of hydrogen-bond acceptors (Lipinski definition) is 2. The molecular formula is C14H18N2O. The second kappa shape index (κ2) is 4.15. The lowest BCUT2D eigenvalue weighted by Gasteiger charge is -2.33. The van der Waals surface area contributed by atoms with Gasteiger partial charge in [0.25, 0.3) is 0 Å². The van der Waals surface area contributed by atoms with Gasteiger partial charge in [-0.25, -0.2) is 0 Å². The Balaban J connectivity index is 1.93. The van der Waals surface area contributed by atoms with E-state index in [2.05, 4.69) is 24.3 Å². The van der Waals surface area contributed by atoms with E-state index >= 15 is 0 Å². The SMILES string of the molecule is NC1CC(=O)N([C@H]2CCCc3ccccc32)C1. The van der Waals surface area contributed by atoms with E-state index in [1.165, 1.54) is 17.5 Å². The van der Waals surface area contributed by atoms with Gasteiger partial charge in [-0.3, -0.25) is 4.79 Å². The molecule has 1 saturated heterocycles. The summed E-state index contributed by atoms with van der Waals surface area (Å²) < 4.78 is 0. The Bertz CT molecular complexity index is 444. The van der Waals surface area contributed by atoms with Crippen LogP contribution in [0.2, 0.25) is 0 Å². The number of aryl methyl sites for hydroxylation is 1. The molecule has 1 fully saturated rings. The van der Waals surface area contributed by atoms with Gasteiger partial charge in [-0.05, 0) is 30.4 Å². The van der Waals surface area contributed by atoms with Gasteiger partial charge in [-0.1, -0.05) is 24.3 Å². The molecule has 0 spiro atoms. The van der Waals surface area contributed by atoms with E-state index in [4.69, 9.17) is 5.73 Å². The van der Waals surface area contributed by atoms with Crippen molar-refractivity contribution in [3.8, 4) is 0 Å². The average Bonchev–Trinajstić information content (AvgIpc) is 2.68. The van der Waals surface area contributed by atoms with Crippen molar-refractivity contribution in [3.63, 3.8) is 0 Å². The smallest absolute Gasteiger partial charge is 0.224 e. The van der Waals surface area contributed by atoms with Gasteiger partial charge in [0.2, 0.25) is 5.91 Å². The second-order valence-electron chi connectivity index (χ2n) is 5.12. The minimum Gasteiger partial charge on any atom is -0.334 e. The molecule has 1 aliphatic heterocycles. The number of nitrogens with zero attached hydrogens (tertiary/aromatic N) is 1. The normalized spacial score (nSPS) is 28.3. The zero-order chi connectivity index (χ0) is 11.8. The van der Waals surface area contributed by atoms with Gasteiger partial charge >= 0.3 is 0 Å². The van der Waals surface area contributed by atoms with E-state index in [1.54, 1.807) is 0 Å². The van der Waals surface area contributed by atoms with Crippen LogP contribution < -0.4 is 5.73 Å². The first-order chi connectivity index (χ1) is 8.25. The molecule has 0 radical (unpaired) electrons. The molecule has 1 aromatic carbocycles. The number of rotatable bonds is 1. The number of carbonyl (C=O) groups is 1. The number of likely N-dealkylation sites (tertiary alicyclic amines) is 1. The van der Waals surface area contributed by atoms with E-state index in [0.29, 0.717) is 6.42 Å². The Labute approximate surface area is 102 Å². The van der Waals surface area contributed by atoms with Crippen molar-refractivity contribution in [2.75, 3.05) is 6.54 Å². The van der Waals surface area contributed by atoms with Crippen LogP contribution in [0.3, 0.4) is 0 Å². The molecule has 3 rings (SSSR count). The first kappa shape index (κ1) is 10.8. The molecule has 3 nitrogen and oxygen atoms in total. The highest BCUT2D eigenvalue weighted by Gasteiger charge is 2.34. The summed E-state index contributed by atoms with van der Waals surface area (Å²) in [7, 11) is 0. The summed E-state index contributed by atoms with van der Waals surface area (Å²) in [5.41, 5.74) is 8.61. The van der Waals surface area contributed by atoms with Crippen LogP contribution in [0.5, 0.6) is 0 Å². The highest BCUT2D eigenvalue weighted by Crippen LogP contribution is 2.36. The fourth-order valence-corrected chi connectivity index (χ4v) is 3.11. The van der Waals surface area contributed by atoms with Crippen molar-refractivity contribution in [2.24, 2.45) is 5.73 Å². The van der Waals surface area contributed by atoms with Crippen molar-refractivity contribution in [2.45, 2.75) is 37.8 Å². The quantitative estimate of drug-likeness (QED) is 0.797. The van der Waals surface area contributed by atoms with Crippen LogP contribution in [0, 0.1) is 0 Å². The molecule has 1 unspecified atom stereocenters. The fourth-order valence-electron chi connectivity index (χ4n) is 3.11. The summed E-state index contributed by atoms with van der Waals surface area (Å²) >= 11 is 0. The molecule has 90 valence electrons. The maximum Gasteiger partial charge on any atom is 0.224 e. The predicted octanol–water partition coefficient (Wildman–Crippen LogP) is 1.62. The Hall–Kier alpha value is -1.35. The number of fused-ring (bicyclic) bond motifs is 1. The fraction of sp³-hybridized carbons (Fsp3) is 0.500. The van der Waals surface area contributed by atoms with Gasteiger partial charge in [0, 0.05) is 19.0 Å². The first-order valence-electron chi connectivity index (χ1n) is 6.38. The summed E-state index contributed by atoms with van der Waals surface area (Å²) in [6, 6.07) is 8.78. The summed E-state index contributed by atoms with van der Waals surface area (Å²) in [6.07, 6.45) is 3.90. The molecule has 0 bridgehead atoms. The maximum absolute atomic E-state index is 11.9. The van der Waals surface area contributed by atoms with E-state index < -0.39 is 0 Å². The monoisotopic (exact) mass is 230 g/mol. The predicted molar refractivity (Wildman–Crippen MR) is 66.4 cm³/mol. The Kier molecular flexibility index (Phi) is 2.63. The molecule has 1 aliphatic carbocycles. The van der Waals surface area contributed by atoms with E-state index in [9.17, 15) is 4.79 Å². The minimum atomic E-state index is 0.0246. The Morgan fingerprint density at radius 1 is 1.29 bits per heavy atom. The summed E-state index contributed by atoms with van der Waals surface area (Å²) in [5.74, 6) is 0.221. The van der Waals surface area contributed by atoms with Crippen molar-refractivity contribution in [1.82, 2.24) is 4.90 Å². The van der Waals surface area contributed by atoms with Crippen LogP contribution in [0.4, 0.5) is 0 Å². The number of carbonyl (C=O) groups excluding carboxylic acids is 1. The number of benzene rings is 1.